The van der Waals surface area contributed by atoms with Crippen LogP contribution in [0.4, 0.5) is 9.18 Å². The van der Waals surface area contributed by atoms with E-state index in [9.17, 15) is 14.0 Å². The number of hydrogen-bond donors (Lipinski definition) is 2. The van der Waals surface area contributed by atoms with E-state index < -0.39 is 23.4 Å². The number of nitrogens with zero attached hydrogens (tertiary/aromatic N) is 1. The van der Waals surface area contributed by atoms with E-state index >= 15 is 0 Å². The highest BCUT2D eigenvalue weighted by molar-refractivity contribution is 5.88. The number of aromatic nitrogens is 1. The molecular formula is C24H17FN2O4. The van der Waals surface area contributed by atoms with Crippen LogP contribution in [-0.4, -0.2) is 35.3 Å². The van der Waals surface area contributed by atoms with Crippen LogP contribution in [-0.2, 0) is 4.74 Å². The summed E-state index contributed by atoms with van der Waals surface area (Å²) in [5.41, 5.74) is 3.68. The quantitative estimate of drug-likeness (QED) is 0.632. The van der Waals surface area contributed by atoms with Gasteiger partial charge in [0.2, 0.25) is 0 Å². The Hall–Kier alpha value is -4.18. The molecule has 2 aromatic carbocycles. The molecule has 7 heteroatoms. The van der Waals surface area contributed by atoms with E-state index in [1.807, 2.05) is 36.4 Å². The minimum absolute atomic E-state index is 0.0544. The maximum atomic E-state index is 14.0. The molecular weight excluding hydrogens is 399 g/mol. The van der Waals surface area contributed by atoms with Crippen LogP contribution < -0.4 is 5.32 Å². The lowest BCUT2D eigenvalue weighted by molar-refractivity contribution is 0.0691. The summed E-state index contributed by atoms with van der Waals surface area (Å²) in [4.78, 5) is 26.7. The Balaban J connectivity index is 1.36. The Morgan fingerprint density at radius 3 is 2.35 bits per heavy atom. The van der Waals surface area contributed by atoms with E-state index in [0.29, 0.717) is 0 Å². The summed E-state index contributed by atoms with van der Waals surface area (Å²) in [6, 6.07) is 17.1. The van der Waals surface area contributed by atoms with Gasteiger partial charge in [-0.2, -0.15) is 0 Å². The lowest BCUT2D eigenvalue weighted by Gasteiger charge is -2.14. The zero-order chi connectivity index (χ0) is 21.8. The molecule has 0 spiro atoms. The molecule has 0 saturated heterocycles. The van der Waals surface area contributed by atoms with Crippen LogP contribution in [0.3, 0.4) is 0 Å². The molecule has 0 atom stereocenters. The van der Waals surface area contributed by atoms with Crippen molar-refractivity contribution in [1.29, 1.82) is 0 Å². The monoisotopic (exact) mass is 416 g/mol. The number of aromatic carboxylic acids is 1. The fourth-order valence-electron chi connectivity index (χ4n) is 3.59. The summed E-state index contributed by atoms with van der Waals surface area (Å²) < 4.78 is 19.4. The van der Waals surface area contributed by atoms with Gasteiger partial charge in [-0.25, -0.2) is 19.0 Å². The van der Waals surface area contributed by atoms with E-state index in [-0.39, 0.29) is 24.8 Å². The molecule has 3 aromatic rings. The van der Waals surface area contributed by atoms with Crippen LogP contribution in [0.25, 0.3) is 11.1 Å². The minimum atomic E-state index is -1.40. The number of pyridine rings is 1. The highest BCUT2D eigenvalue weighted by Crippen LogP contribution is 2.44. The van der Waals surface area contributed by atoms with Crippen molar-refractivity contribution >= 4 is 12.1 Å². The van der Waals surface area contributed by atoms with Gasteiger partial charge in [0.1, 0.15) is 12.3 Å². The second kappa shape index (κ2) is 8.67. The van der Waals surface area contributed by atoms with Crippen molar-refractivity contribution in [2.75, 3.05) is 13.2 Å². The molecule has 0 radical (unpaired) electrons. The summed E-state index contributed by atoms with van der Waals surface area (Å²) >= 11 is 0. The summed E-state index contributed by atoms with van der Waals surface area (Å²) in [6.45, 7) is 0.0687. The largest absolute Gasteiger partial charge is 0.478 e. The first-order chi connectivity index (χ1) is 15.1. The van der Waals surface area contributed by atoms with Crippen molar-refractivity contribution < 1.29 is 23.8 Å². The van der Waals surface area contributed by atoms with Gasteiger partial charge >= 0.3 is 12.1 Å². The molecule has 0 fully saturated rings. The average Bonchev–Trinajstić information content (AvgIpc) is 3.10. The SMILES string of the molecule is O=C(NCC#Cc1nccc(C(=O)O)c1F)OCC1c2ccccc2-c2ccccc21. The summed E-state index contributed by atoms with van der Waals surface area (Å²) in [5, 5.41) is 11.4. The molecule has 1 heterocycles. The fourth-order valence-corrected chi connectivity index (χ4v) is 3.59. The predicted octanol–water partition coefficient (Wildman–Crippen LogP) is 3.81. The molecule has 0 aliphatic heterocycles. The fraction of sp³-hybridized carbons (Fsp3) is 0.125. The second-order valence-corrected chi connectivity index (χ2v) is 6.81. The first-order valence-electron chi connectivity index (χ1n) is 9.51. The van der Waals surface area contributed by atoms with Crippen LogP contribution in [0, 0.1) is 17.7 Å². The van der Waals surface area contributed by atoms with Gasteiger partial charge in [-0.3, -0.25) is 0 Å². The van der Waals surface area contributed by atoms with Gasteiger partial charge < -0.3 is 15.2 Å². The Labute approximate surface area is 177 Å². The van der Waals surface area contributed by atoms with Crippen molar-refractivity contribution in [3.63, 3.8) is 0 Å². The standard InChI is InChI=1S/C24H17FN2O4/c25-22-19(23(28)29)11-13-26-21(22)10-5-12-27-24(30)31-14-20-17-8-3-1-6-15(17)16-7-2-4-9-18(16)20/h1-4,6-9,11,13,20H,12,14H2,(H,27,30)(H,28,29). The maximum absolute atomic E-state index is 14.0. The third kappa shape index (κ3) is 4.09. The molecule has 0 saturated carbocycles. The molecule has 1 aromatic heterocycles. The van der Waals surface area contributed by atoms with Crippen LogP contribution >= 0.6 is 0 Å². The van der Waals surface area contributed by atoms with Crippen LogP contribution in [0.15, 0.2) is 60.8 Å². The Morgan fingerprint density at radius 2 is 1.71 bits per heavy atom. The van der Waals surface area contributed by atoms with E-state index in [1.165, 1.54) is 0 Å². The molecule has 0 bridgehead atoms. The predicted molar refractivity (Wildman–Crippen MR) is 111 cm³/mol. The zero-order valence-electron chi connectivity index (χ0n) is 16.3. The maximum Gasteiger partial charge on any atom is 0.407 e. The van der Waals surface area contributed by atoms with Gasteiger partial charge in [-0.05, 0) is 34.2 Å². The zero-order valence-corrected chi connectivity index (χ0v) is 16.3. The Morgan fingerprint density at radius 1 is 1.06 bits per heavy atom. The minimum Gasteiger partial charge on any atom is -0.478 e. The highest BCUT2D eigenvalue weighted by Gasteiger charge is 2.28. The highest BCUT2D eigenvalue weighted by atomic mass is 19.1. The number of ether oxygens (including phenoxy) is 1. The number of carboxylic acid groups (broad SMARTS) is 1. The molecule has 4 rings (SSSR count). The van der Waals surface area contributed by atoms with E-state index in [1.54, 1.807) is 0 Å². The number of halogens is 1. The summed E-state index contributed by atoms with van der Waals surface area (Å²) in [6.07, 6.45) is 0.513. The Kier molecular flexibility index (Phi) is 5.63. The lowest BCUT2D eigenvalue weighted by atomic mass is 9.98. The number of rotatable bonds is 4. The molecule has 31 heavy (non-hydrogen) atoms. The van der Waals surface area contributed by atoms with Crippen LogP contribution in [0.5, 0.6) is 0 Å². The van der Waals surface area contributed by atoms with E-state index in [0.717, 1.165) is 34.5 Å². The normalized spacial score (nSPS) is 11.6. The first kappa shape index (κ1) is 20.1. The number of nitrogens with one attached hydrogen (secondary N) is 1. The van der Waals surface area contributed by atoms with Crippen molar-refractivity contribution in [3.8, 4) is 23.0 Å². The van der Waals surface area contributed by atoms with E-state index in [2.05, 4.69) is 34.3 Å². The molecule has 1 amide bonds. The van der Waals surface area contributed by atoms with Gasteiger partial charge in [-0.15, -0.1) is 0 Å². The first-order valence-corrected chi connectivity index (χ1v) is 9.51. The van der Waals surface area contributed by atoms with Gasteiger partial charge in [0.05, 0.1) is 12.1 Å². The van der Waals surface area contributed by atoms with Crippen LogP contribution in [0.1, 0.15) is 33.1 Å². The average molecular weight is 416 g/mol. The number of hydrogen-bond acceptors (Lipinski definition) is 4. The molecule has 1 aliphatic carbocycles. The second-order valence-electron chi connectivity index (χ2n) is 6.81. The number of benzene rings is 2. The molecule has 2 N–H and O–H groups in total. The topological polar surface area (TPSA) is 88.5 Å². The molecule has 6 nitrogen and oxygen atoms in total. The van der Waals surface area contributed by atoms with Gasteiger partial charge in [0, 0.05) is 12.1 Å². The lowest BCUT2D eigenvalue weighted by Crippen LogP contribution is -2.26. The number of amides is 1. The van der Waals surface area contributed by atoms with Crippen LogP contribution in [0.2, 0.25) is 0 Å². The number of fused-ring (bicyclic) bond motifs is 3. The summed E-state index contributed by atoms with van der Waals surface area (Å²) in [5.74, 6) is 2.49. The third-order valence-electron chi connectivity index (χ3n) is 4.99. The Bertz CT molecular complexity index is 1180. The third-order valence-corrected chi connectivity index (χ3v) is 4.99. The van der Waals surface area contributed by atoms with Crippen molar-refractivity contribution in [1.82, 2.24) is 10.3 Å². The smallest absolute Gasteiger partial charge is 0.407 e. The number of carbonyl (C=O) groups excluding carboxylic acids is 1. The number of carboxylic acids is 1. The molecule has 1 aliphatic rings. The van der Waals surface area contributed by atoms with Gasteiger partial charge in [-0.1, -0.05) is 54.5 Å². The molecule has 0 unspecified atom stereocenters. The summed E-state index contributed by atoms with van der Waals surface area (Å²) in [7, 11) is 0. The van der Waals surface area contributed by atoms with Crippen molar-refractivity contribution in [3.05, 3.63) is 89.0 Å². The van der Waals surface area contributed by atoms with Gasteiger partial charge in [0.25, 0.3) is 0 Å². The van der Waals surface area contributed by atoms with Gasteiger partial charge in [0.15, 0.2) is 5.82 Å². The van der Waals surface area contributed by atoms with Crippen molar-refractivity contribution in [2.24, 2.45) is 0 Å². The number of alkyl carbamates (subject to hydrolysis) is 1. The number of carbonyl (C=O) groups is 2. The van der Waals surface area contributed by atoms with Crippen molar-refractivity contribution in [2.45, 2.75) is 5.92 Å². The van der Waals surface area contributed by atoms with E-state index in [4.69, 9.17) is 9.84 Å². The molecule has 154 valence electrons.